The Morgan fingerprint density at radius 3 is 2.70 bits per heavy atom. The third kappa shape index (κ3) is 4.12. The van der Waals surface area contributed by atoms with Gasteiger partial charge in [-0.3, -0.25) is 9.69 Å². The van der Waals surface area contributed by atoms with Gasteiger partial charge in [0, 0.05) is 49.0 Å². The van der Waals surface area contributed by atoms with Crippen LogP contribution in [-0.2, 0) is 22.5 Å². The van der Waals surface area contributed by atoms with Crippen LogP contribution in [0.3, 0.4) is 0 Å². The predicted molar refractivity (Wildman–Crippen MR) is 92.8 cm³/mol. The first kappa shape index (κ1) is 16.9. The van der Waals surface area contributed by atoms with E-state index in [1.54, 1.807) is 0 Å². The monoisotopic (exact) mass is 337 g/mol. The Balaban J connectivity index is 1.48. The molecule has 0 radical (unpaired) electrons. The van der Waals surface area contributed by atoms with Crippen molar-refractivity contribution in [3.63, 3.8) is 0 Å². The molecule has 3 rings (SSSR count). The summed E-state index contributed by atoms with van der Waals surface area (Å²) in [6.07, 6.45) is 1.08. The summed E-state index contributed by atoms with van der Waals surface area (Å²) in [6.45, 7) is 10.2. The van der Waals surface area contributed by atoms with E-state index in [2.05, 4.69) is 29.3 Å². The summed E-state index contributed by atoms with van der Waals surface area (Å²) >= 11 is 1.91. The fourth-order valence-electron chi connectivity index (χ4n) is 3.25. The molecule has 2 atom stereocenters. The molecule has 2 aliphatic rings. The number of amides is 1. The Kier molecular flexibility index (Phi) is 5.69. The molecule has 0 spiro atoms. The average Bonchev–Trinajstić information content (AvgIpc) is 3.03. The molecular formula is C17H27N3O2S. The Morgan fingerprint density at radius 2 is 2.04 bits per heavy atom. The fourth-order valence-corrected chi connectivity index (χ4v) is 4.25. The Morgan fingerprint density at radius 1 is 1.30 bits per heavy atom. The first-order chi connectivity index (χ1) is 11.2. The molecule has 2 aliphatic heterocycles. The van der Waals surface area contributed by atoms with Crippen molar-refractivity contribution in [3.8, 4) is 0 Å². The van der Waals surface area contributed by atoms with Gasteiger partial charge in [-0.1, -0.05) is 6.92 Å². The van der Waals surface area contributed by atoms with Gasteiger partial charge in [-0.05, 0) is 25.5 Å². The molecule has 0 unspecified atom stereocenters. The van der Waals surface area contributed by atoms with Crippen LogP contribution >= 0.6 is 11.3 Å². The number of thiophene rings is 1. The normalized spacial score (nSPS) is 26.4. The molecule has 2 saturated heterocycles. The SMILES string of the molecule is CCc1ccc(CN2CCN(C(=O)[C@H]3NCCO[C@@H]3C)CC2)s1. The molecule has 128 valence electrons. The third-order valence-corrected chi connectivity index (χ3v) is 5.93. The number of aryl methyl sites for hydroxylation is 1. The van der Waals surface area contributed by atoms with Crippen LogP contribution in [0.4, 0.5) is 0 Å². The summed E-state index contributed by atoms with van der Waals surface area (Å²) in [6, 6.07) is 4.29. The molecule has 1 aromatic heterocycles. The van der Waals surface area contributed by atoms with E-state index >= 15 is 0 Å². The van der Waals surface area contributed by atoms with E-state index in [0.717, 1.165) is 45.7 Å². The summed E-state index contributed by atoms with van der Waals surface area (Å²) in [4.78, 5) is 20.0. The van der Waals surface area contributed by atoms with Crippen LogP contribution in [0.5, 0.6) is 0 Å². The first-order valence-electron chi connectivity index (χ1n) is 8.61. The highest BCUT2D eigenvalue weighted by atomic mass is 32.1. The molecule has 0 aromatic carbocycles. The number of hydrogen-bond donors (Lipinski definition) is 1. The molecule has 3 heterocycles. The number of rotatable bonds is 4. The first-order valence-corrected chi connectivity index (χ1v) is 9.42. The molecule has 1 aromatic rings. The summed E-state index contributed by atoms with van der Waals surface area (Å²) in [5.74, 6) is 0.196. The highest BCUT2D eigenvalue weighted by Gasteiger charge is 2.33. The number of hydrogen-bond acceptors (Lipinski definition) is 5. The van der Waals surface area contributed by atoms with E-state index < -0.39 is 0 Å². The van der Waals surface area contributed by atoms with Gasteiger partial charge in [0.05, 0.1) is 12.7 Å². The minimum Gasteiger partial charge on any atom is -0.375 e. The highest BCUT2D eigenvalue weighted by molar-refractivity contribution is 7.11. The van der Waals surface area contributed by atoms with Gasteiger partial charge in [-0.25, -0.2) is 0 Å². The summed E-state index contributed by atoms with van der Waals surface area (Å²) < 4.78 is 5.60. The van der Waals surface area contributed by atoms with Gasteiger partial charge in [0.1, 0.15) is 6.04 Å². The number of ether oxygens (including phenoxy) is 1. The zero-order chi connectivity index (χ0) is 16.2. The zero-order valence-electron chi connectivity index (χ0n) is 14.1. The lowest BCUT2D eigenvalue weighted by Gasteiger charge is -2.38. The van der Waals surface area contributed by atoms with Crippen LogP contribution in [0.2, 0.25) is 0 Å². The van der Waals surface area contributed by atoms with Gasteiger partial charge < -0.3 is 15.0 Å². The van der Waals surface area contributed by atoms with Gasteiger partial charge in [-0.2, -0.15) is 0 Å². The van der Waals surface area contributed by atoms with E-state index in [-0.39, 0.29) is 18.1 Å². The smallest absolute Gasteiger partial charge is 0.242 e. The maximum absolute atomic E-state index is 12.6. The number of nitrogens with one attached hydrogen (secondary N) is 1. The van der Waals surface area contributed by atoms with E-state index in [1.807, 2.05) is 23.2 Å². The molecule has 5 nitrogen and oxygen atoms in total. The Labute approximate surface area is 142 Å². The second kappa shape index (κ2) is 7.75. The van der Waals surface area contributed by atoms with E-state index in [0.29, 0.717) is 6.61 Å². The molecule has 0 bridgehead atoms. The van der Waals surface area contributed by atoms with Crippen molar-refractivity contribution < 1.29 is 9.53 Å². The zero-order valence-corrected chi connectivity index (χ0v) is 14.9. The number of carbonyl (C=O) groups excluding carboxylic acids is 1. The lowest BCUT2D eigenvalue weighted by Crippen LogP contribution is -2.59. The maximum atomic E-state index is 12.6. The van der Waals surface area contributed by atoms with Crippen LogP contribution in [0.1, 0.15) is 23.6 Å². The topological polar surface area (TPSA) is 44.8 Å². The number of nitrogens with zero attached hydrogens (tertiary/aromatic N) is 2. The summed E-state index contributed by atoms with van der Waals surface area (Å²) in [5, 5.41) is 3.30. The van der Waals surface area contributed by atoms with Crippen LogP contribution in [0.15, 0.2) is 12.1 Å². The van der Waals surface area contributed by atoms with E-state index in [1.165, 1.54) is 9.75 Å². The van der Waals surface area contributed by atoms with E-state index in [4.69, 9.17) is 4.74 Å². The number of carbonyl (C=O) groups is 1. The lowest BCUT2D eigenvalue weighted by molar-refractivity contribution is -0.141. The van der Waals surface area contributed by atoms with Gasteiger partial charge in [0.2, 0.25) is 5.91 Å². The van der Waals surface area contributed by atoms with Crippen LogP contribution in [0, 0.1) is 0 Å². The van der Waals surface area contributed by atoms with Gasteiger partial charge in [-0.15, -0.1) is 11.3 Å². The second-order valence-corrected chi connectivity index (χ2v) is 7.58. The fraction of sp³-hybridized carbons (Fsp3) is 0.706. The third-order valence-electron chi connectivity index (χ3n) is 4.71. The van der Waals surface area contributed by atoms with Crippen LogP contribution in [0.25, 0.3) is 0 Å². The van der Waals surface area contributed by atoms with Crippen molar-refractivity contribution in [2.45, 2.75) is 39.0 Å². The number of morpholine rings is 1. The quantitative estimate of drug-likeness (QED) is 0.900. The average molecular weight is 337 g/mol. The molecule has 1 amide bonds. The molecule has 2 fully saturated rings. The van der Waals surface area contributed by atoms with Crippen molar-refractivity contribution in [1.82, 2.24) is 15.1 Å². The molecule has 6 heteroatoms. The minimum atomic E-state index is -0.181. The minimum absolute atomic E-state index is 0.0344. The highest BCUT2D eigenvalue weighted by Crippen LogP contribution is 2.19. The molecular weight excluding hydrogens is 310 g/mol. The van der Waals surface area contributed by atoms with Crippen molar-refractivity contribution >= 4 is 17.2 Å². The second-order valence-electron chi connectivity index (χ2n) is 6.33. The largest absolute Gasteiger partial charge is 0.375 e. The van der Waals surface area contributed by atoms with Gasteiger partial charge >= 0.3 is 0 Å². The molecule has 23 heavy (non-hydrogen) atoms. The van der Waals surface area contributed by atoms with Crippen LogP contribution < -0.4 is 5.32 Å². The van der Waals surface area contributed by atoms with Crippen molar-refractivity contribution in [1.29, 1.82) is 0 Å². The Bertz CT molecular complexity index is 526. The van der Waals surface area contributed by atoms with Gasteiger partial charge in [0.25, 0.3) is 0 Å². The van der Waals surface area contributed by atoms with Crippen molar-refractivity contribution in [2.75, 3.05) is 39.3 Å². The number of piperazine rings is 1. The Hall–Kier alpha value is -0.950. The summed E-state index contributed by atoms with van der Waals surface area (Å²) in [7, 11) is 0. The van der Waals surface area contributed by atoms with E-state index in [9.17, 15) is 4.79 Å². The van der Waals surface area contributed by atoms with Gasteiger partial charge in [0.15, 0.2) is 0 Å². The standard InChI is InChI=1S/C17H27N3O2S/c1-3-14-4-5-15(23-14)12-19-7-9-20(10-8-19)17(21)16-13(2)22-11-6-18-16/h4-5,13,16,18H,3,6-12H2,1-2H3/t13-,16+/m1/s1. The van der Waals surface area contributed by atoms with Crippen LogP contribution in [-0.4, -0.2) is 67.2 Å². The molecule has 1 N–H and O–H groups in total. The predicted octanol–water partition coefficient (Wildman–Crippen LogP) is 1.33. The van der Waals surface area contributed by atoms with Crippen molar-refractivity contribution in [3.05, 3.63) is 21.9 Å². The molecule has 0 aliphatic carbocycles. The van der Waals surface area contributed by atoms with Crippen molar-refractivity contribution in [2.24, 2.45) is 0 Å². The maximum Gasteiger partial charge on any atom is 0.242 e. The lowest BCUT2D eigenvalue weighted by atomic mass is 10.1. The summed E-state index contributed by atoms with van der Waals surface area (Å²) in [5.41, 5.74) is 0. The molecule has 0 saturated carbocycles.